The molecule has 0 atom stereocenters. The maximum atomic E-state index is 10.3. The fourth-order valence-corrected chi connectivity index (χ4v) is 3.22. The lowest BCUT2D eigenvalue weighted by Gasteiger charge is -2.04. The zero-order chi connectivity index (χ0) is 21.7. The van der Waals surface area contributed by atoms with Crippen molar-refractivity contribution in [1.29, 1.82) is 0 Å². The van der Waals surface area contributed by atoms with Gasteiger partial charge in [0.25, 0.3) is 0 Å². The maximum absolute atomic E-state index is 10.3. The van der Waals surface area contributed by atoms with E-state index >= 15 is 0 Å². The predicted molar refractivity (Wildman–Crippen MR) is 112 cm³/mol. The second kappa shape index (κ2) is 20.5. The van der Waals surface area contributed by atoms with Crippen molar-refractivity contribution in [3.05, 3.63) is 0 Å². The second-order valence-corrected chi connectivity index (χ2v) is 9.37. The Hall–Kier alpha value is 0.220. The summed E-state index contributed by atoms with van der Waals surface area (Å²) in [5.41, 5.74) is 0. The molecule has 28 heavy (non-hydrogen) atoms. The van der Waals surface area contributed by atoms with E-state index in [0.717, 1.165) is 38.5 Å². The molecule has 0 rings (SSSR count). The van der Waals surface area contributed by atoms with Crippen LogP contribution >= 0.6 is 15.6 Å². The monoisotopic (exact) mass is 448 g/mol. The summed E-state index contributed by atoms with van der Waals surface area (Å²) >= 11 is 0. The average molecular weight is 448 g/mol. The van der Waals surface area contributed by atoms with Crippen LogP contribution in [0.5, 0.6) is 0 Å². The van der Waals surface area contributed by atoms with Gasteiger partial charge in [-0.1, -0.05) is 90.9 Å². The van der Waals surface area contributed by atoms with Crippen molar-refractivity contribution in [3.8, 4) is 0 Å². The van der Waals surface area contributed by atoms with Crippen LogP contribution in [0.2, 0.25) is 0 Å². The second-order valence-electron chi connectivity index (χ2n) is 6.89. The van der Waals surface area contributed by atoms with Gasteiger partial charge in [0.1, 0.15) is 0 Å². The summed E-state index contributed by atoms with van der Waals surface area (Å²) in [5, 5.41) is 0. The van der Waals surface area contributed by atoms with E-state index in [1.807, 2.05) is 0 Å². The molecule has 0 aromatic rings. The van der Waals surface area contributed by atoms with Gasteiger partial charge in [-0.3, -0.25) is 9.05 Å². The zero-order valence-electron chi connectivity index (χ0n) is 17.6. The molecule has 0 spiro atoms. The van der Waals surface area contributed by atoms with Crippen LogP contribution in [0.1, 0.15) is 104 Å². The lowest BCUT2D eigenvalue weighted by atomic mass is 10.1. The van der Waals surface area contributed by atoms with Gasteiger partial charge in [0.15, 0.2) is 0 Å². The van der Waals surface area contributed by atoms with Crippen molar-refractivity contribution < 1.29 is 37.8 Å². The Morgan fingerprint density at radius 3 is 1.00 bits per heavy atom. The van der Waals surface area contributed by atoms with Gasteiger partial charge in [0.2, 0.25) is 0 Å². The molecule has 4 N–H and O–H groups in total. The van der Waals surface area contributed by atoms with Gasteiger partial charge in [-0.05, 0) is 12.8 Å². The first-order chi connectivity index (χ1) is 13.1. The molecule has 10 heteroatoms. The molecule has 0 saturated carbocycles. The number of unbranched alkanes of at least 4 members (excludes halogenated alkanes) is 12. The van der Waals surface area contributed by atoms with E-state index in [-0.39, 0.29) is 13.2 Å². The van der Waals surface area contributed by atoms with Crippen molar-refractivity contribution >= 4 is 15.6 Å². The fraction of sp³-hybridized carbons (Fsp3) is 1.00. The van der Waals surface area contributed by atoms with Crippen LogP contribution in [0.25, 0.3) is 0 Å². The Balaban J connectivity index is 0. The van der Waals surface area contributed by atoms with Gasteiger partial charge in [-0.25, -0.2) is 9.13 Å². The van der Waals surface area contributed by atoms with Gasteiger partial charge >= 0.3 is 15.6 Å². The summed E-state index contributed by atoms with van der Waals surface area (Å²) < 4.78 is 29.2. The van der Waals surface area contributed by atoms with E-state index in [4.69, 9.17) is 19.6 Å². The summed E-state index contributed by atoms with van der Waals surface area (Å²) in [6.45, 7) is 4.68. The van der Waals surface area contributed by atoms with Crippen LogP contribution in [0.4, 0.5) is 0 Å². The number of hydrogen-bond donors (Lipinski definition) is 4. The van der Waals surface area contributed by atoms with Crippen molar-refractivity contribution in [2.24, 2.45) is 0 Å². The summed E-state index contributed by atoms with van der Waals surface area (Å²) in [4.78, 5) is 33.5. The molecule has 0 aromatic heterocycles. The van der Waals surface area contributed by atoms with Gasteiger partial charge in [-0.15, -0.1) is 0 Å². The molecule has 0 heterocycles. The highest BCUT2D eigenvalue weighted by molar-refractivity contribution is 7.46. The smallest absolute Gasteiger partial charge is 0.303 e. The van der Waals surface area contributed by atoms with E-state index < -0.39 is 15.6 Å². The Bertz CT molecular complexity index is 370. The van der Waals surface area contributed by atoms with Crippen LogP contribution in [-0.2, 0) is 18.2 Å². The van der Waals surface area contributed by atoms with E-state index in [9.17, 15) is 9.13 Å². The minimum atomic E-state index is -4.23. The Kier molecular flexibility index (Phi) is 22.3. The van der Waals surface area contributed by atoms with Crippen LogP contribution in [0.3, 0.4) is 0 Å². The molecule has 0 aliphatic rings. The molecular formula is C18H42O8P2. The predicted octanol–water partition coefficient (Wildman–Crippen LogP) is 5.69. The highest BCUT2D eigenvalue weighted by atomic mass is 31.2. The number of phosphoric ester groups is 2. The molecule has 0 saturated heterocycles. The first-order valence-electron chi connectivity index (χ1n) is 10.5. The summed E-state index contributed by atoms with van der Waals surface area (Å²) in [7, 11) is -8.46. The number of phosphoric acid groups is 2. The standard InChI is InChI=1S/2C9H21O4P/c2*1-2-3-4-5-6-7-8-9-13-14(10,11)12/h2*2-9H2,1H3,(H2,10,11,12). The first kappa shape index (κ1) is 30.4. The maximum Gasteiger partial charge on any atom is 0.469 e. The van der Waals surface area contributed by atoms with Crippen molar-refractivity contribution in [1.82, 2.24) is 0 Å². The summed E-state index contributed by atoms with van der Waals surface area (Å²) in [5.74, 6) is 0. The third-order valence-corrected chi connectivity index (χ3v) is 5.05. The molecule has 0 unspecified atom stereocenters. The van der Waals surface area contributed by atoms with Gasteiger partial charge < -0.3 is 19.6 Å². The molecule has 8 nitrogen and oxygen atoms in total. The van der Waals surface area contributed by atoms with Crippen molar-refractivity contribution in [2.75, 3.05) is 13.2 Å². The average Bonchev–Trinajstić information content (AvgIpc) is 2.58. The lowest BCUT2D eigenvalue weighted by Crippen LogP contribution is -1.92. The van der Waals surface area contributed by atoms with E-state index in [0.29, 0.717) is 0 Å². The van der Waals surface area contributed by atoms with E-state index in [2.05, 4.69) is 22.9 Å². The quantitative estimate of drug-likeness (QED) is 0.155. The lowest BCUT2D eigenvalue weighted by molar-refractivity contribution is 0.191. The molecule has 0 amide bonds. The summed E-state index contributed by atoms with van der Waals surface area (Å²) in [6, 6.07) is 0. The molecule has 0 fully saturated rings. The fourth-order valence-electron chi connectivity index (χ4n) is 2.49. The number of hydrogen-bond acceptors (Lipinski definition) is 4. The number of rotatable bonds is 18. The normalized spacial score (nSPS) is 11.9. The molecule has 0 radical (unpaired) electrons. The van der Waals surface area contributed by atoms with Crippen LogP contribution in [0, 0.1) is 0 Å². The molecule has 0 bridgehead atoms. The molecule has 172 valence electrons. The third kappa shape index (κ3) is 33.8. The molecule has 0 aliphatic heterocycles. The first-order valence-corrected chi connectivity index (χ1v) is 13.6. The zero-order valence-corrected chi connectivity index (χ0v) is 19.4. The van der Waals surface area contributed by atoms with Crippen LogP contribution in [0.15, 0.2) is 0 Å². The van der Waals surface area contributed by atoms with Gasteiger partial charge in [-0.2, -0.15) is 0 Å². The largest absolute Gasteiger partial charge is 0.469 e. The SMILES string of the molecule is CCCCCCCCCOP(=O)(O)O.CCCCCCCCCOP(=O)(O)O. The molecule has 0 aliphatic carbocycles. The topological polar surface area (TPSA) is 134 Å². The van der Waals surface area contributed by atoms with Gasteiger partial charge in [0.05, 0.1) is 13.2 Å². The Morgan fingerprint density at radius 1 is 0.500 bits per heavy atom. The minimum Gasteiger partial charge on any atom is -0.303 e. The highest BCUT2D eigenvalue weighted by Crippen LogP contribution is 2.36. The minimum absolute atomic E-state index is 0.165. The Morgan fingerprint density at radius 2 is 0.750 bits per heavy atom. The van der Waals surface area contributed by atoms with E-state index in [1.54, 1.807) is 0 Å². The molecular weight excluding hydrogens is 406 g/mol. The van der Waals surface area contributed by atoms with Crippen LogP contribution in [-0.4, -0.2) is 32.8 Å². The third-order valence-electron chi connectivity index (χ3n) is 4.01. The van der Waals surface area contributed by atoms with Crippen molar-refractivity contribution in [3.63, 3.8) is 0 Å². The summed E-state index contributed by atoms with van der Waals surface area (Å²) in [6.07, 6.45) is 15.7. The Labute approximate surface area is 170 Å². The highest BCUT2D eigenvalue weighted by Gasteiger charge is 2.12. The van der Waals surface area contributed by atoms with E-state index in [1.165, 1.54) is 51.4 Å². The van der Waals surface area contributed by atoms with Crippen LogP contribution < -0.4 is 0 Å². The van der Waals surface area contributed by atoms with Gasteiger partial charge in [0, 0.05) is 0 Å². The van der Waals surface area contributed by atoms with Crippen molar-refractivity contribution in [2.45, 2.75) is 104 Å². The molecule has 0 aromatic carbocycles.